The molecule has 0 saturated carbocycles. The van der Waals surface area contributed by atoms with Gasteiger partial charge in [0.15, 0.2) is 5.16 Å². The molecule has 124 valence electrons. The molecule has 1 aromatic carbocycles. The van der Waals surface area contributed by atoms with E-state index < -0.39 is 5.92 Å². The van der Waals surface area contributed by atoms with Crippen LogP contribution in [0.5, 0.6) is 0 Å². The Balaban J connectivity index is 2.18. The largest absolute Gasteiger partial charge is 0.312 e. The average molecular weight is 362 g/mol. The Labute approximate surface area is 148 Å². The lowest BCUT2D eigenvalue weighted by molar-refractivity contribution is -0.116. The molecule has 2 aromatic rings. The molecule has 24 heavy (non-hydrogen) atoms. The number of hydrogen-bond donors (Lipinski definition) is 1. The van der Waals surface area contributed by atoms with E-state index >= 15 is 0 Å². The zero-order valence-electron chi connectivity index (χ0n) is 13.1. The van der Waals surface area contributed by atoms with Gasteiger partial charge >= 0.3 is 0 Å². The summed E-state index contributed by atoms with van der Waals surface area (Å²) in [6.07, 6.45) is 1.91. The molecular weight excluding hydrogens is 346 g/mol. The fraction of sp³-hybridized carbons (Fsp3) is 0.235. The summed E-state index contributed by atoms with van der Waals surface area (Å²) in [4.78, 5) is 29.0. The first-order valence-electron chi connectivity index (χ1n) is 7.41. The third-order valence-electron chi connectivity index (χ3n) is 3.91. The van der Waals surface area contributed by atoms with E-state index in [4.69, 9.17) is 11.6 Å². The molecule has 1 aromatic heterocycles. The van der Waals surface area contributed by atoms with Gasteiger partial charge in [0.05, 0.1) is 5.56 Å². The van der Waals surface area contributed by atoms with Gasteiger partial charge in [0, 0.05) is 30.2 Å². The van der Waals surface area contributed by atoms with E-state index in [1.807, 2.05) is 18.2 Å². The molecule has 1 aliphatic rings. The second-order valence-corrected chi connectivity index (χ2v) is 6.84. The third-order valence-corrected chi connectivity index (χ3v) is 5.28. The molecule has 0 fully saturated rings. The predicted molar refractivity (Wildman–Crippen MR) is 96.9 cm³/mol. The van der Waals surface area contributed by atoms with Gasteiger partial charge in [0.1, 0.15) is 5.82 Å². The highest BCUT2D eigenvalue weighted by Crippen LogP contribution is 2.38. The van der Waals surface area contributed by atoms with E-state index in [0.717, 1.165) is 5.56 Å². The van der Waals surface area contributed by atoms with E-state index in [2.05, 4.69) is 16.9 Å². The number of carbonyl (C=O) groups is 1. The summed E-state index contributed by atoms with van der Waals surface area (Å²) < 4.78 is 1.74. The van der Waals surface area contributed by atoms with Crippen molar-refractivity contribution in [3.8, 4) is 0 Å². The molecule has 3 rings (SSSR count). The molecule has 0 bridgehead atoms. The van der Waals surface area contributed by atoms with E-state index in [9.17, 15) is 9.59 Å². The molecule has 0 aliphatic carbocycles. The number of aromatic nitrogens is 2. The maximum atomic E-state index is 12.6. The first-order valence-corrected chi connectivity index (χ1v) is 8.78. The minimum absolute atomic E-state index is 0.145. The highest BCUT2D eigenvalue weighted by Gasteiger charge is 2.32. The number of hydrogen-bond acceptors (Lipinski definition) is 4. The van der Waals surface area contributed by atoms with Crippen LogP contribution in [0.2, 0.25) is 5.02 Å². The van der Waals surface area contributed by atoms with Crippen molar-refractivity contribution in [1.82, 2.24) is 9.55 Å². The van der Waals surface area contributed by atoms with Crippen LogP contribution >= 0.6 is 23.4 Å². The number of anilines is 1. The average Bonchev–Trinajstić information content (AvgIpc) is 2.56. The normalized spacial score (nSPS) is 16.4. The molecule has 0 spiro atoms. The molecule has 0 unspecified atom stereocenters. The molecule has 7 heteroatoms. The van der Waals surface area contributed by atoms with Gasteiger partial charge in [-0.15, -0.1) is 6.58 Å². The van der Waals surface area contributed by atoms with Crippen molar-refractivity contribution in [2.24, 2.45) is 7.05 Å². The molecule has 2 heterocycles. The maximum absolute atomic E-state index is 12.6. The molecule has 0 radical (unpaired) electrons. The fourth-order valence-electron chi connectivity index (χ4n) is 2.82. The fourth-order valence-corrected chi connectivity index (χ4v) is 3.79. The third kappa shape index (κ3) is 2.99. The Kier molecular flexibility index (Phi) is 4.78. The van der Waals surface area contributed by atoms with Crippen molar-refractivity contribution >= 4 is 35.1 Å². The predicted octanol–water partition coefficient (Wildman–Crippen LogP) is 3.19. The lowest BCUT2D eigenvalue weighted by Crippen LogP contribution is -2.33. The van der Waals surface area contributed by atoms with Gasteiger partial charge in [-0.3, -0.25) is 9.59 Å². The van der Waals surface area contributed by atoms with Gasteiger partial charge in [0.2, 0.25) is 5.91 Å². The van der Waals surface area contributed by atoms with Crippen LogP contribution < -0.4 is 10.9 Å². The standard InChI is InChI=1S/C17H16ClN3O2S/c1-3-8-24-17-20-16(23)14-11(10-6-4-5-7-12(10)18)9-13(22)19-15(14)21(17)2/h3-7,11H,1,8-9H2,2H3,(H,19,22)/t11-/m0/s1. The van der Waals surface area contributed by atoms with E-state index in [0.29, 0.717) is 27.3 Å². The summed E-state index contributed by atoms with van der Waals surface area (Å²) in [6.45, 7) is 3.67. The van der Waals surface area contributed by atoms with Crippen molar-refractivity contribution in [2.75, 3.05) is 11.1 Å². The Morgan fingerprint density at radius 3 is 2.92 bits per heavy atom. The number of nitrogens with zero attached hydrogens (tertiary/aromatic N) is 2. The molecule has 1 N–H and O–H groups in total. The minimum atomic E-state index is -0.396. The lowest BCUT2D eigenvalue weighted by Gasteiger charge is -2.27. The summed E-state index contributed by atoms with van der Waals surface area (Å²) in [6, 6.07) is 7.27. The zero-order valence-corrected chi connectivity index (χ0v) is 14.7. The van der Waals surface area contributed by atoms with Crippen LogP contribution in [0.4, 0.5) is 5.82 Å². The van der Waals surface area contributed by atoms with Crippen molar-refractivity contribution in [3.63, 3.8) is 0 Å². The Bertz CT molecular complexity index is 879. The molecule has 5 nitrogen and oxygen atoms in total. The molecule has 1 atom stereocenters. The molecule has 1 amide bonds. The van der Waals surface area contributed by atoms with Crippen LogP contribution in [-0.2, 0) is 11.8 Å². The van der Waals surface area contributed by atoms with Crippen LogP contribution in [-0.4, -0.2) is 21.2 Å². The Morgan fingerprint density at radius 2 is 2.21 bits per heavy atom. The van der Waals surface area contributed by atoms with Crippen molar-refractivity contribution in [1.29, 1.82) is 0 Å². The van der Waals surface area contributed by atoms with Gasteiger partial charge in [0.25, 0.3) is 5.56 Å². The van der Waals surface area contributed by atoms with Gasteiger partial charge < -0.3 is 9.88 Å². The van der Waals surface area contributed by atoms with Crippen LogP contribution in [0.15, 0.2) is 46.9 Å². The number of benzene rings is 1. The highest BCUT2D eigenvalue weighted by atomic mass is 35.5. The number of halogens is 1. The SMILES string of the molecule is C=CCSc1nc(=O)c2c(n1C)NC(=O)C[C@H]2c1ccccc1Cl. The lowest BCUT2D eigenvalue weighted by atomic mass is 9.87. The van der Waals surface area contributed by atoms with Gasteiger partial charge in [-0.1, -0.05) is 47.6 Å². The van der Waals surface area contributed by atoms with Gasteiger partial charge in [-0.05, 0) is 11.6 Å². The number of amides is 1. The smallest absolute Gasteiger partial charge is 0.279 e. The maximum Gasteiger partial charge on any atom is 0.279 e. The van der Waals surface area contributed by atoms with Crippen molar-refractivity contribution < 1.29 is 4.79 Å². The Hall–Kier alpha value is -2.05. The second-order valence-electron chi connectivity index (χ2n) is 5.45. The first-order chi connectivity index (χ1) is 11.5. The number of nitrogens with one attached hydrogen (secondary N) is 1. The van der Waals surface area contributed by atoms with Crippen LogP contribution in [0.25, 0.3) is 0 Å². The van der Waals surface area contributed by atoms with Crippen LogP contribution in [0.3, 0.4) is 0 Å². The van der Waals surface area contributed by atoms with Crippen LogP contribution in [0, 0.1) is 0 Å². The number of fused-ring (bicyclic) bond motifs is 1. The van der Waals surface area contributed by atoms with Gasteiger partial charge in [-0.25, -0.2) is 0 Å². The quantitative estimate of drug-likeness (QED) is 0.516. The summed E-state index contributed by atoms with van der Waals surface area (Å²) in [5.41, 5.74) is 0.911. The number of rotatable bonds is 4. The first kappa shape index (κ1) is 16.8. The van der Waals surface area contributed by atoms with E-state index in [1.165, 1.54) is 11.8 Å². The highest BCUT2D eigenvalue weighted by molar-refractivity contribution is 7.99. The second kappa shape index (κ2) is 6.83. The van der Waals surface area contributed by atoms with Crippen LogP contribution in [0.1, 0.15) is 23.5 Å². The van der Waals surface area contributed by atoms with E-state index in [-0.39, 0.29) is 17.9 Å². The summed E-state index contributed by atoms with van der Waals surface area (Å²) in [5.74, 6) is 0.573. The molecule has 1 aliphatic heterocycles. The summed E-state index contributed by atoms with van der Waals surface area (Å²) in [7, 11) is 1.78. The zero-order chi connectivity index (χ0) is 17.3. The summed E-state index contributed by atoms with van der Waals surface area (Å²) >= 11 is 7.68. The molecule has 0 saturated heterocycles. The van der Waals surface area contributed by atoms with E-state index in [1.54, 1.807) is 23.8 Å². The number of thioether (sulfide) groups is 1. The molecular formula is C17H16ClN3O2S. The minimum Gasteiger partial charge on any atom is -0.312 e. The summed E-state index contributed by atoms with van der Waals surface area (Å²) in [5, 5.41) is 3.88. The van der Waals surface area contributed by atoms with Gasteiger partial charge in [-0.2, -0.15) is 4.98 Å². The van der Waals surface area contributed by atoms with Crippen molar-refractivity contribution in [3.05, 3.63) is 63.4 Å². The monoisotopic (exact) mass is 361 g/mol. The Morgan fingerprint density at radius 1 is 1.46 bits per heavy atom. The topological polar surface area (TPSA) is 64.0 Å². The van der Waals surface area contributed by atoms with Crippen molar-refractivity contribution in [2.45, 2.75) is 17.5 Å². The number of carbonyl (C=O) groups excluding carboxylic acids is 1.